The molecule has 0 spiro atoms. The van der Waals surface area contributed by atoms with Gasteiger partial charge in [0.1, 0.15) is 18.3 Å². The summed E-state index contributed by atoms with van der Waals surface area (Å²) >= 11 is 0. The molecule has 0 radical (unpaired) electrons. The highest BCUT2D eigenvalue weighted by atomic mass is 32.2. The van der Waals surface area contributed by atoms with Gasteiger partial charge in [-0.25, -0.2) is 8.42 Å². The Labute approximate surface area is 284 Å². The quantitative estimate of drug-likeness (QED) is 0.174. The lowest BCUT2D eigenvalue weighted by molar-refractivity contribution is -0.140. The fourth-order valence-electron chi connectivity index (χ4n) is 6.18. The van der Waals surface area contributed by atoms with Gasteiger partial charge in [-0.3, -0.25) is 13.9 Å². The van der Waals surface area contributed by atoms with Gasteiger partial charge < -0.3 is 15.0 Å². The van der Waals surface area contributed by atoms with Crippen molar-refractivity contribution in [2.75, 3.05) is 18.0 Å². The van der Waals surface area contributed by atoms with Crippen LogP contribution in [0.3, 0.4) is 0 Å². The molecule has 0 unspecified atom stereocenters. The van der Waals surface area contributed by atoms with Gasteiger partial charge in [0.15, 0.2) is 0 Å². The molecule has 4 aromatic rings. The Balaban J connectivity index is 1.56. The van der Waals surface area contributed by atoms with Crippen molar-refractivity contribution >= 4 is 27.5 Å². The predicted molar refractivity (Wildman–Crippen MR) is 189 cm³/mol. The van der Waals surface area contributed by atoms with Crippen LogP contribution in [0.15, 0.2) is 108 Å². The van der Waals surface area contributed by atoms with Gasteiger partial charge in [0.25, 0.3) is 10.0 Å². The summed E-state index contributed by atoms with van der Waals surface area (Å²) in [5.74, 6) is -0.188. The van der Waals surface area contributed by atoms with Crippen LogP contribution in [0.4, 0.5) is 5.69 Å². The fraction of sp³-hybridized carbons (Fsp3) is 0.333. The maximum atomic E-state index is 14.7. The van der Waals surface area contributed by atoms with Crippen LogP contribution in [0.25, 0.3) is 0 Å². The molecule has 5 rings (SSSR count). The molecule has 0 aliphatic heterocycles. The normalized spacial score (nSPS) is 14.1. The number of nitrogens with one attached hydrogen (secondary N) is 1. The van der Waals surface area contributed by atoms with Gasteiger partial charge in [-0.1, -0.05) is 91.6 Å². The zero-order valence-corrected chi connectivity index (χ0v) is 28.8. The summed E-state index contributed by atoms with van der Waals surface area (Å²) in [6.45, 7) is 3.54. The van der Waals surface area contributed by atoms with Crippen LogP contribution in [0.2, 0.25) is 0 Å². The first-order valence-electron chi connectivity index (χ1n) is 16.6. The molecule has 1 aliphatic rings. The summed E-state index contributed by atoms with van der Waals surface area (Å²) < 4.78 is 34.9. The SMILES string of the molecule is COc1ccc(S(=O)(=O)N(CC(=O)N(Cc2ccccc2C)[C@@H](Cc2ccccc2)C(=O)NC2CCCCC2)c2ccc(C)cc2)cc1. The average molecular weight is 668 g/mol. The summed E-state index contributed by atoms with van der Waals surface area (Å²) in [5, 5.41) is 3.26. The van der Waals surface area contributed by atoms with Gasteiger partial charge in [-0.2, -0.15) is 0 Å². The largest absolute Gasteiger partial charge is 0.497 e. The Morgan fingerprint density at radius 2 is 1.48 bits per heavy atom. The molecule has 0 bridgehead atoms. The Morgan fingerprint density at radius 1 is 0.833 bits per heavy atom. The minimum absolute atomic E-state index is 0.0259. The molecule has 4 aromatic carbocycles. The highest BCUT2D eigenvalue weighted by Gasteiger charge is 2.35. The van der Waals surface area contributed by atoms with Crippen LogP contribution >= 0.6 is 0 Å². The molecule has 9 heteroatoms. The maximum Gasteiger partial charge on any atom is 0.264 e. The van der Waals surface area contributed by atoms with Gasteiger partial charge in [0.05, 0.1) is 17.7 Å². The molecule has 48 heavy (non-hydrogen) atoms. The number of sulfonamides is 1. The van der Waals surface area contributed by atoms with E-state index in [1.807, 2.05) is 80.6 Å². The van der Waals surface area contributed by atoms with E-state index < -0.39 is 28.5 Å². The summed E-state index contributed by atoms with van der Waals surface area (Å²) in [6.07, 6.45) is 5.33. The van der Waals surface area contributed by atoms with Crippen molar-refractivity contribution in [1.82, 2.24) is 10.2 Å². The monoisotopic (exact) mass is 667 g/mol. The fourth-order valence-corrected chi connectivity index (χ4v) is 7.60. The van der Waals surface area contributed by atoms with E-state index >= 15 is 0 Å². The number of carbonyl (C=O) groups excluding carboxylic acids is 2. The smallest absolute Gasteiger partial charge is 0.264 e. The van der Waals surface area contributed by atoms with Crippen molar-refractivity contribution in [3.8, 4) is 5.75 Å². The number of nitrogens with zero attached hydrogens (tertiary/aromatic N) is 2. The second-order valence-electron chi connectivity index (χ2n) is 12.5. The van der Waals surface area contributed by atoms with Crippen LogP contribution in [-0.2, 0) is 32.6 Å². The van der Waals surface area contributed by atoms with Crippen LogP contribution < -0.4 is 14.4 Å². The van der Waals surface area contributed by atoms with E-state index in [9.17, 15) is 18.0 Å². The maximum absolute atomic E-state index is 14.7. The number of benzene rings is 4. The minimum Gasteiger partial charge on any atom is -0.497 e. The first-order chi connectivity index (χ1) is 23.2. The number of hydrogen-bond donors (Lipinski definition) is 1. The molecule has 1 N–H and O–H groups in total. The topological polar surface area (TPSA) is 96.0 Å². The van der Waals surface area contributed by atoms with Crippen LogP contribution in [-0.4, -0.2) is 50.9 Å². The van der Waals surface area contributed by atoms with Crippen molar-refractivity contribution < 1.29 is 22.7 Å². The average Bonchev–Trinajstić information content (AvgIpc) is 3.10. The molecule has 1 atom stereocenters. The third-order valence-electron chi connectivity index (χ3n) is 9.07. The van der Waals surface area contributed by atoms with Crippen molar-refractivity contribution in [1.29, 1.82) is 0 Å². The first-order valence-corrected chi connectivity index (χ1v) is 18.0. The van der Waals surface area contributed by atoms with Crippen LogP contribution in [0.5, 0.6) is 5.75 Å². The predicted octanol–water partition coefficient (Wildman–Crippen LogP) is 6.60. The van der Waals surface area contributed by atoms with E-state index in [1.165, 1.54) is 19.2 Å². The van der Waals surface area contributed by atoms with Crippen molar-refractivity contribution in [3.05, 3.63) is 125 Å². The Bertz CT molecular complexity index is 1770. The van der Waals surface area contributed by atoms with Gasteiger partial charge in [0, 0.05) is 19.0 Å². The summed E-state index contributed by atoms with van der Waals surface area (Å²) in [6, 6.07) is 29.7. The van der Waals surface area contributed by atoms with Gasteiger partial charge in [0.2, 0.25) is 11.8 Å². The molecule has 0 saturated heterocycles. The standard InChI is InChI=1S/C39H45N3O5S/c1-29-18-20-34(21-19-29)42(48(45,46)36-24-22-35(47-3)23-25-36)28-38(43)41(27-32-15-11-10-12-30(32)2)37(26-31-13-6-4-7-14-31)39(44)40-33-16-8-5-9-17-33/h4,6-7,10-15,18-25,33,37H,5,8-9,16-17,26-28H2,1-3H3,(H,40,44)/t37-/m0/s1. The number of amides is 2. The highest BCUT2D eigenvalue weighted by Crippen LogP contribution is 2.27. The molecule has 0 aromatic heterocycles. The number of carbonyl (C=O) groups is 2. The second-order valence-corrected chi connectivity index (χ2v) is 14.4. The Hall–Kier alpha value is -4.63. The van der Waals surface area contributed by atoms with E-state index in [1.54, 1.807) is 29.2 Å². The summed E-state index contributed by atoms with van der Waals surface area (Å²) in [7, 11) is -2.69. The molecule has 252 valence electrons. The number of rotatable bonds is 13. The number of anilines is 1. The third kappa shape index (κ3) is 8.63. The van der Waals surface area contributed by atoms with Gasteiger partial charge in [-0.15, -0.1) is 0 Å². The Morgan fingerprint density at radius 3 is 2.12 bits per heavy atom. The minimum atomic E-state index is -4.20. The number of ether oxygens (including phenoxy) is 1. The lowest BCUT2D eigenvalue weighted by Crippen LogP contribution is -2.55. The van der Waals surface area contributed by atoms with E-state index in [-0.39, 0.29) is 29.8 Å². The summed E-state index contributed by atoms with van der Waals surface area (Å²) in [4.78, 5) is 30.6. The molecule has 1 fully saturated rings. The van der Waals surface area contributed by atoms with Crippen molar-refractivity contribution in [3.63, 3.8) is 0 Å². The van der Waals surface area contributed by atoms with Gasteiger partial charge >= 0.3 is 0 Å². The van der Waals surface area contributed by atoms with Crippen LogP contribution in [0.1, 0.15) is 54.4 Å². The van der Waals surface area contributed by atoms with Gasteiger partial charge in [-0.05, 0) is 79.8 Å². The van der Waals surface area contributed by atoms with E-state index in [0.717, 1.165) is 58.7 Å². The Kier molecular flexibility index (Phi) is 11.5. The lowest BCUT2D eigenvalue weighted by atomic mass is 9.94. The van der Waals surface area contributed by atoms with Crippen molar-refractivity contribution in [2.24, 2.45) is 0 Å². The van der Waals surface area contributed by atoms with E-state index in [2.05, 4.69) is 5.32 Å². The molecule has 8 nitrogen and oxygen atoms in total. The second kappa shape index (κ2) is 16.0. The molecular weight excluding hydrogens is 623 g/mol. The van der Waals surface area contributed by atoms with Crippen molar-refractivity contribution in [2.45, 2.75) is 75.9 Å². The first kappa shape index (κ1) is 34.7. The number of hydrogen-bond acceptors (Lipinski definition) is 5. The lowest BCUT2D eigenvalue weighted by Gasteiger charge is -2.35. The zero-order chi connectivity index (χ0) is 34.1. The zero-order valence-electron chi connectivity index (χ0n) is 28.0. The van der Waals surface area contributed by atoms with E-state index in [4.69, 9.17) is 4.74 Å². The van der Waals surface area contributed by atoms with Crippen LogP contribution in [0, 0.1) is 13.8 Å². The number of methoxy groups -OCH3 is 1. The highest BCUT2D eigenvalue weighted by molar-refractivity contribution is 7.92. The third-order valence-corrected chi connectivity index (χ3v) is 10.9. The molecule has 2 amide bonds. The molecule has 1 saturated carbocycles. The van der Waals surface area contributed by atoms with E-state index in [0.29, 0.717) is 11.4 Å². The molecular formula is C39H45N3O5S. The molecule has 1 aliphatic carbocycles. The molecule has 0 heterocycles. The number of aryl methyl sites for hydroxylation is 2. The summed E-state index contributed by atoms with van der Waals surface area (Å²) in [5.41, 5.74) is 4.07.